The highest BCUT2D eigenvalue weighted by molar-refractivity contribution is 6.08. The largest absolute Gasteiger partial charge is 0.306 e. The van der Waals surface area contributed by atoms with Crippen LogP contribution in [-0.4, -0.2) is 37.0 Å². The summed E-state index contributed by atoms with van der Waals surface area (Å²) < 4.78 is 14.3. The van der Waals surface area contributed by atoms with Crippen LogP contribution < -0.4 is 4.90 Å². The topological polar surface area (TPSA) is 23.6 Å². The highest BCUT2D eigenvalue weighted by Gasteiger charge is 2.53. The summed E-state index contributed by atoms with van der Waals surface area (Å²) in [5.41, 5.74) is 0.898. The minimum absolute atomic E-state index is 0.0165. The number of anilines is 1. The molecule has 1 amide bonds. The third-order valence-corrected chi connectivity index (χ3v) is 4.73. The van der Waals surface area contributed by atoms with Crippen molar-refractivity contribution >= 4 is 11.6 Å². The Hall–Kier alpha value is -1.42. The molecule has 0 aliphatic carbocycles. The van der Waals surface area contributed by atoms with Crippen LogP contribution in [0.1, 0.15) is 32.3 Å². The van der Waals surface area contributed by atoms with E-state index in [1.54, 1.807) is 11.0 Å². The molecule has 3 nitrogen and oxygen atoms in total. The van der Waals surface area contributed by atoms with Gasteiger partial charge in [-0.15, -0.1) is 0 Å². The molecule has 2 heterocycles. The van der Waals surface area contributed by atoms with Crippen LogP contribution >= 0.6 is 0 Å². The van der Waals surface area contributed by atoms with E-state index in [2.05, 4.69) is 11.9 Å². The van der Waals surface area contributed by atoms with Gasteiger partial charge in [0.25, 0.3) is 0 Å². The molecule has 0 aromatic heterocycles. The van der Waals surface area contributed by atoms with E-state index in [1.807, 2.05) is 19.9 Å². The van der Waals surface area contributed by atoms with Gasteiger partial charge >= 0.3 is 0 Å². The van der Waals surface area contributed by atoms with Gasteiger partial charge in [0, 0.05) is 6.04 Å². The minimum atomic E-state index is -0.506. The van der Waals surface area contributed by atoms with E-state index in [1.165, 1.54) is 6.07 Å². The van der Waals surface area contributed by atoms with Gasteiger partial charge in [0.1, 0.15) is 5.82 Å². The molecule has 1 fully saturated rings. The maximum absolute atomic E-state index is 14.3. The van der Waals surface area contributed by atoms with Gasteiger partial charge in [0.15, 0.2) is 0 Å². The van der Waals surface area contributed by atoms with Gasteiger partial charge < -0.3 is 9.80 Å². The number of nitrogens with zero attached hydrogens (tertiary/aromatic N) is 2. The molecule has 2 aliphatic rings. The number of amides is 1. The first kappa shape index (κ1) is 13.6. The molecule has 0 radical (unpaired) electrons. The van der Waals surface area contributed by atoms with Gasteiger partial charge in [-0.1, -0.05) is 12.1 Å². The van der Waals surface area contributed by atoms with Gasteiger partial charge in [-0.3, -0.25) is 4.79 Å². The van der Waals surface area contributed by atoms with Crippen LogP contribution in [0.25, 0.3) is 0 Å². The smallest absolute Gasteiger partial charge is 0.238 e. The molecular weight excluding hydrogens is 255 g/mol. The van der Waals surface area contributed by atoms with E-state index in [0.29, 0.717) is 5.69 Å². The molecular formula is C16H21FN2O. The minimum Gasteiger partial charge on any atom is -0.306 e. The number of fused-ring (bicyclic) bond motifs is 2. The number of hydrogen-bond donors (Lipinski definition) is 0. The van der Waals surface area contributed by atoms with Crippen molar-refractivity contribution in [2.24, 2.45) is 0 Å². The van der Waals surface area contributed by atoms with Crippen LogP contribution in [0.3, 0.4) is 0 Å². The molecule has 1 saturated heterocycles. The van der Waals surface area contributed by atoms with Crippen molar-refractivity contribution in [3.8, 4) is 0 Å². The summed E-state index contributed by atoms with van der Waals surface area (Å²) in [6, 6.07) is 5.10. The van der Waals surface area contributed by atoms with Gasteiger partial charge in [-0.25, -0.2) is 4.39 Å². The molecule has 2 aliphatic heterocycles. The number of halogens is 1. The Balaban J connectivity index is 2.15. The van der Waals surface area contributed by atoms with E-state index in [4.69, 9.17) is 0 Å². The Morgan fingerprint density at radius 2 is 1.90 bits per heavy atom. The van der Waals surface area contributed by atoms with Crippen LogP contribution in [-0.2, 0) is 10.2 Å². The zero-order chi connectivity index (χ0) is 14.5. The zero-order valence-corrected chi connectivity index (χ0v) is 12.3. The molecule has 0 saturated carbocycles. The Morgan fingerprint density at radius 1 is 1.25 bits per heavy atom. The second-order valence-corrected chi connectivity index (χ2v) is 6.29. The number of rotatable bonds is 1. The van der Waals surface area contributed by atoms with E-state index < -0.39 is 5.41 Å². The first-order valence-electron chi connectivity index (χ1n) is 7.28. The number of carbonyl (C=O) groups is 1. The maximum atomic E-state index is 14.3. The third-order valence-electron chi connectivity index (χ3n) is 4.73. The van der Waals surface area contributed by atoms with Crippen LogP contribution in [0, 0.1) is 5.82 Å². The summed E-state index contributed by atoms with van der Waals surface area (Å²) in [5, 5.41) is 0. The lowest BCUT2D eigenvalue weighted by atomic mass is 9.73. The predicted octanol–water partition coefficient (Wildman–Crippen LogP) is 2.54. The van der Waals surface area contributed by atoms with Crippen LogP contribution in [0.4, 0.5) is 10.1 Å². The molecule has 3 rings (SSSR count). The van der Waals surface area contributed by atoms with Crippen molar-refractivity contribution in [3.63, 3.8) is 0 Å². The predicted molar refractivity (Wildman–Crippen MR) is 77.4 cm³/mol. The number of carbonyl (C=O) groups excluding carboxylic acids is 1. The highest BCUT2D eigenvalue weighted by Crippen LogP contribution is 2.49. The molecule has 1 aromatic carbocycles. The van der Waals surface area contributed by atoms with Crippen molar-refractivity contribution < 1.29 is 9.18 Å². The van der Waals surface area contributed by atoms with Gasteiger partial charge in [0.2, 0.25) is 5.91 Å². The lowest BCUT2D eigenvalue weighted by Gasteiger charge is -2.37. The number of likely N-dealkylation sites (tertiary alicyclic amines) is 1. The van der Waals surface area contributed by atoms with E-state index >= 15 is 0 Å². The van der Waals surface area contributed by atoms with Crippen molar-refractivity contribution in [3.05, 3.63) is 29.6 Å². The fourth-order valence-corrected chi connectivity index (χ4v) is 3.57. The molecule has 1 aromatic rings. The number of hydrogen-bond acceptors (Lipinski definition) is 2. The summed E-state index contributed by atoms with van der Waals surface area (Å²) in [5.74, 6) is -0.193. The third kappa shape index (κ3) is 1.71. The average molecular weight is 276 g/mol. The molecule has 108 valence electrons. The standard InChI is InChI=1S/C16H21FN2O/c1-11(2)19-14-12(5-4-6-13(14)17)16(15(19)20)7-9-18(3)10-8-16/h4-6,11H,7-10H2,1-3H3. The lowest BCUT2D eigenvalue weighted by molar-refractivity contribution is -0.125. The second kappa shape index (κ2) is 4.55. The van der Waals surface area contributed by atoms with Crippen LogP contribution in [0.2, 0.25) is 0 Å². The van der Waals surface area contributed by atoms with Crippen molar-refractivity contribution in [2.75, 3.05) is 25.0 Å². The van der Waals surface area contributed by atoms with Gasteiger partial charge in [-0.05, 0) is 58.5 Å². The van der Waals surface area contributed by atoms with Crippen molar-refractivity contribution in [1.82, 2.24) is 4.90 Å². The number of benzene rings is 1. The van der Waals surface area contributed by atoms with Gasteiger partial charge in [0.05, 0.1) is 11.1 Å². The second-order valence-electron chi connectivity index (χ2n) is 6.29. The summed E-state index contributed by atoms with van der Waals surface area (Å²) in [6.07, 6.45) is 1.56. The van der Waals surface area contributed by atoms with Crippen LogP contribution in [0.15, 0.2) is 18.2 Å². The van der Waals surface area contributed by atoms with Crippen molar-refractivity contribution in [1.29, 1.82) is 0 Å². The number of piperidine rings is 1. The Bertz CT molecular complexity index is 547. The SMILES string of the molecule is CC(C)N1C(=O)C2(CCN(C)CC2)c2cccc(F)c21. The summed E-state index contributed by atoms with van der Waals surface area (Å²) in [4.78, 5) is 16.9. The molecule has 0 N–H and O–H groups in total. The summed E-state index contributed by atoms with van der Waals surface area (Å²) in [7, 11) is 2.07. The molecule has 20 heavy (non-hydrogen) atoms. The molecule has 0 unspecified atom stereocenters. The van der Waals surface area contributed by atoms with E-state index in [9.17, 15) is 9.18 Å². The maximum Gasteiger partial charge on any atom is 0.238 e. The summed E-state index contributed by atoms with van der Waals surface area (Å²) >= 11 is 0. The van der Waals surface area contributed by atoms with E-state index in [0.717, 1.165) is 31.5 Å². The summed E-state index contributed by atoms with van der Waals surface area (Å²) in [6.45, 7) is 5.66. The van der Waals surface area contributed by atoms with E-state index in [-0.39, 0.29) is 17.8 Å². The quantitative estimate of drug-likeness (QED) is 0.787. The Labute approximate surface area is 119 Å². The fraction of sp³-hybridized carbons (Fsp3) is 0.562. The van der Waals surface area contributed by atoms with Crippen molar-refractivity contribution in [2.45, 2.75) is 38.1 Å². The Morgan fingerprint density at radius 3 is 2.50 bits per heavy atom. The monoisotopic (exact) mass is 276 g/mol. The first-order chi connectivity index (χ1) is 9.47. The fourth-order valence-electron chi connectivity index (χ4n) is 3.57. The zero-order valence-electron chi connectivity index (χ0n) is 12.3. The number of para-hydroxylation sites is 1. The molecule has 0 bridgehead atoms. The normalized spacial score (nSPS) is 21.9. The highest BCUT2D eigenvalue weighted by atomic mass is 19.1. The molecule has 1 spiro atoms. The molecule has 0 atom stereocenters. The average Bonchev–Trinajstić information content (AvgIpc) is 2.65. The molecule has 4 heteroatoms. The van der Waals surface area contributed by atoms with Crippen LogP contribution in [0.5, 0.6) is 0 Å². The van der Waals surface area contributed by atoms with Gasteiger partial charge in [-0.2, -0.15) is 0 Å². The Kier molecular flexibility index (Phi) is 3.09. The first-order valence-corrected chi connectivity index (χ1v) is 7.28. The lowest BCUT2D eigenvalue weighted by Crippen LogP contribution is -2.49.